The van der Waals surface area contributed by atoms with Gasteiger partial charge in [0.15, 0.2) is 0 Å². The highest BCUT2D eigenvalue weighted by Crippen LogP contribution is 2.39. The first-order valence-electron chi connectivity index (χ1n) is 6.86. The standard InChI is InChI=1S/C15H21N3/c1-11-7-6-8-12-13(11)18(14(16)17-12)15(2)9-4-3-5-10-15/h6-8H,3-5,9-10H2,1-2H3,(H2,16,17). The third-order valence-corrected chi connectivity index (χ3v) is 4.37. The summed E-state index contributed by atoms with van der Waals surface area (Å²) in [4.78, 5) is 4.54. The van der Waals surface area contributed by atoms with Crippen molar-refractivity contribution in [3.05, 3.63) is 23.8 Å². The molecule has 1 fully saturated rings. The van der Waals surface area contributed by atoms with Gasteiger partial charge in [-0.1, -0.05) is 31.4 Å². The fraction of sp³-hybridized carbons (Fsp3) is 0.533. The van der Waals surface area contributed by atoms with Crippen LogP contribution in [-0.2, 0) is 5.54 Å². The van der Waals surface area contributed by atoms with E-state index in [1.807, 2.05) is 0 Å². The average Bonchev–Trinajstić information content (AvgIpc) is 2.68. The summed E-state index contributed by atoms with van der Waals surface area (Å²) >= 11 is 0. The Morgan fingerprint density at radius 2 is 1.94 bits per heavy atom. The van der Waals surface area contributed by atoms with E-state index in [9.17, 15) is 0 Å². The fourth-order valence-electron chi connectivity index (χ4n) is 3.40. The number of imidazole rings is 1. The molecule has 0 radical (unpaired) electrons. The Hall–Kier alpha value is -1.51. The van der Waals surface area contributed by atoms with Crippen LogP contribution in [0.1, 0.15) is 44.6 Å². The molecule has 1 aliphatic carbocycles. The van der Waals surface area contributed by atoms with Crippen molar-refractivity contribution >= 4 is 17.0 Å². The van der Waals surface area contributed by atoms with Crippen molar-refractivity contribution in [2.45, 2.75) is 51.5 Å². The molecular formula is C15H21N3. The van der Waals surface area contributed by atoms with E-state index >= 15 is 0 Å². The number of aromatic nitrogens is 2. The lowest BCUT2D eigenvalue weighted by molar-refractivity contribution is 0.228. The van der Waals surface area contributed by atoms with Gasteiger partial charge in [-0.05, 0) is 38.3 Å². The zero-order valence-corrected chi connectivity index (χ0v) is 11.2. The molecule has 1 saturated carbocycles. The molecule has 1 aliphatic rings. The van der Waals surface area contributed by atoms with Gasteiger partial charge in [0.05, 0.1) is 11.0 Å². The molecular weight excluding hydrogens is 222 g/mol. The maximum absolute atomic E-state index is 6.19. The zero-order valence-electron chi connectivity index (χ0n) is 11.2. The minimum Gasteiger partial charge on any atom is -0.369 e. The van der Waals surface area contributed by atoms with E-state index in [4.69, 9.17) is 5.73 Å². The minimum atomic E-state index is 0.142. The van der Waals surface area contributed by atoms with Gasteiger partial charge >= 0.3 is 0 Å². The molecule has 96 valence electrons. The number of hydrogen-bond donors (Lipinski definition) is 1. The van der Waals surface area contributed by atoms with Crippen LogP contribution in [0.15, 0.2) is 18.2 Å². The highest BCUT2D eigenvalue weighted by molar-refractivity contribution is 5.82. The monoisotopic (exact) mass is 243 g/mol. The number of nitrogens with zero attached hydrogens (tertiary/aromatic N) is 2. The van der Waals surface area contributed by atoms with E-state index in [1.54, 1.807) is 0 Å². The van der Waals surface area contributed by atoms with Crippen LogP contribution in [0.4, 0.5) is 5.95 Å². The lowest BCUT2D eigenvalue weighted by atomic mass is 9.83. The van der Waals surface area contributed by atoms with Gasteiger partial charge in [-0.15, -0.1) is 0 Å². The molecule has 0 aliphatic heterocycles. The zero-order chi connectivity index (χ0) is 12.8. The van der Waals surface area contributed by atoms with Crippen LogP contribution >= 0.6 is 0 Å². The molecule has 1 aromatic carbocycles. The Bertz CT molecular complexity index is 577. The molecule has 0 unspecified atom stereocenters. The number of nitrogen functional groups attached to an aromatic ring is 1. The van der Waals surface area contributed by atoms with E-state index in [0.29, 0.717) is 5.95 Å². The van der Waals surface area contributed by atoms with Crippen molar-refractivity contribution in [1.82, 2.24) is 9.55 Å². The number of nitrogens with two attached hydrogens (primary N) is 1. The van der Waals surface area contributed by atoms with Crippen molar-refractivity contribution in [1.29, 1.82) is 0 Å². The molecule has 1 heterocycles. The Morgan fingerprint density at radius 1 is 1.22 bits per heavy atom. The lowest BCUT2D eigenvalue weighted by Crippen LogP contribution is -2.33. The summed E-state index contributed by atoms with van der Waals surface area (Å²) in [5.41, 5.74) is 9.85. The highest BCUT2D eigenvalue weighted by Gasteiger charge is 2.32. The van der Waals surface area contributed by atoms with Crippen LogP contribution < -0.4 is 5.73 Å². The summed E-state index contributed by atoms with van der Waals surface area (Å²) in [5, 5.41) is 0. The maximum Gasteiger partial charge on any atom is 0.201 e. The molecule has 2 N–H and O–H groups in total. The molecule has 1 aromatic heterocycles. The molecule has 0 spiro atoms. The van der Waals surface area contributed by atoms with Gasteiger partial charge in [0.25, 0.3) is 0 Å². The minimum absolute atomic E-state index is 0.142. The van der Waals surface area contributed by atoms with Crippen LogP contribution in [0, 0.1) is 6.92 Å². The molecule has 3 nitrogen and oxygen atoms in total. The quantitative estimate of drug-likeness (QED) is 0.831. The van der Waals surface area contributed by atoms with E-state index < -0.39 is 0 Å². The third kappa shape index (κ3) is 1.61. The first kappa shape index (κ1) is 11.6. The second-order valence-electron chi connectivity index (χ2n) is 5.81. The van der Waals surface area contributed by atoms with Crippen molar-refractivity contribution in [2.75, 3.05) is 5.73 Å². The van der Waals surface area contributed by atoms with Crippen molar-refractivity contribution in [3.63, 3.8) is 0 Å². The number of hydrogen-bond acceptors (Lipinski definition) is 2. The molecule has 2 aromatic rings. The molecule has 0 saturated heterocycles. The van der Waals surface area contributed by atoms with Gasteiger partial charge in [0.1, 0.15) is 0 Å². The van der Waals surface area contributed by atoms with E-state index in [1.165, 1.54) is 43.2 Å². The van der Waals surface area contributed by atoms with Crippen LogP contribution in [0.2, 0.25) is 0 Å². The van der Waals surface area contributed by atoms with Gasteiger partial charge in [-0.2, -0.15) is 0 Å². The summed E-state index contributed by atoms with van der Waals surface area (Å²) in [6.07, 6.45) is 6.35. The average molecular weight is 243 g/mol. The topological polar surface area (TPSA) is 43.8 Å². The Kier molecular flexibility index (Phi) is 2.58. The third-order valence-electron chi connectivity index (χ3n) is 4.37. The SMILES string of the molecule is Cc1cccc2nc(N)n(C3(C)CCCCC3)c12. The van der Waals surface area contributed by atoms with Gasteiger partial charge in [0, 0.05) is 5.54 Å². The van der Waals surface area contributed by atoms with Crippen molar-refractivity contribution < 1.29 is 0 Å². The smallest absolute Gasteiger partial charge is 0.201 e. The Balaban J connectivity index is 2.24. The van der Waals surface area contributed by atoms with E-state index in [-0.39, 0.29) is 5.54 Å². The van der Waals surface area contributed by atoms with Crippen LogP contribution in [0.25, 0.3) is 11.0 Å². The van der Waals surface area contributed by atoms with Gasteiger partial charge in [-0.3, -0.25) is 0 Å². The molecule has 18 heavy (non-hydrogen) atoms. The van der Waals surface area contributed by atoms with Crippen molar-refractivity contribution in [2.24, 2.45) is 0 Å². The van der Waals surface area contributed by atoms with Crippen LogP contribution in [-0.4, -0.2) is 9.55 Å². The van der Waals surface area contributed by atoms with Crippen LogP contribution in [0.5, 0.6) is 0 Å². The van der Waals surface area contributed by atoms with Gasteiger partial charge in [0.2, 0.25) is 5.95 Å². The van der Waals surface area contributed by atoms with Crippen LogP contribution in [0.3, 0.4) is 0 Å². The second kappa shape index (κ2) is 4.01. The number of benzene rings is 1. The Morgan fingerprint density at radius 3 is 2.67 bits per heavy atom. The molecule has 3 rings (SSSR count). The predicted octanol–water partition coefficient (Wildman–Crippen LogP) is 3.61. The molecule has 0 atom stereocenters. The van der Waals surface area contributed by atoms with Gasteiger partial charge in [-0.25, -0.2) is 4.98 Å². The predicted molar refractivity (Wildman–Crippen MR) is 75.6 cm³/mol. The number of rotatable bonds is 1. The summed E-state index contributed by atoms with van der Waals surface area (Å²) < 4.78 is 2.29. The maximum atomic E-state index is 6.19. The summed E-state index contributed by atoms with van der Waals surface area (Å²) in [7, 11) is 0. The fourth-order valence-corrected chi connectivity index (χ4v) is 3.40. The molecule has 3 heteroatoms. The number of anilines is 1. The molecule has 0 amide bonds. The molecule has 0 bridgehead atoms. The summed E-state index contributed by atoms with van der Waals surface area (Å²) in [6.45, 7) is 4.47. The highest BCUT2D eigenvalue weighted by atomic mass is 15.2. The second-order valence-corrected chi connectivity index (χ2v) is 5.81. The first-order valence-corrected chi connectivity index (χ1v) is 6.86. The van der Waals surface area contributed by atoms with Crippen molar-refractivity contribution in [3.8, 4) is 0 Å². The lowest BCUT2D eigenvalue weighted by Gasteiger charge is -2.36. The number of para-hydroxylation sites is 1. The largest absolute Gasteiger partial charge is 0.369 e. The van der Waals surface area contributed by atoms with E-state index in [2.05, 4.69) is 41.6 Å². The number of aryl methyl sites for hydroxylation is 1. The summed E-state index contributed by atoms with van der Waals surface area (Å²) in [6, 6.07) is 6.26. The Labute approximate surface area is 108 Å². The normalized spacial score (nSPS) is 19.2. The van der Waals surface area contributed by atoms with E-state index in [0.717, 1.165) is 5.52 Å². The van der Waals surface area contributed by atoms with Gasteiger partial charge < -0.3 is 10.3 Å². The first-order chi connectivity index (χ1) is 8.62. The summed E-state index contributed by atoms with van der Waals surface area (Å²) in [5.74, 6) is 0.670. The number of fused-ring (bicyclic) bond motifs is 1.